The fourth-order valence-corrected chi connectivity index (χ4v) is 2.15. The van der Waals surface area contributed by atoms with Gasteiger partial charge in [-0.2, -0.15) is 10.2 Å². The maximum atomic E-state index is 12.4. The van der Waals surface area contributed by atoms with Crippen LogP contribution in [0.25, 0.3) is 0 Å². The van der Waals surface area contributed by atoms with Gasteiger partial charge >= 0.3 is 5.97 Å². The zero-order chi connectivity index (χ0) is 18.0. The largest absolute Gasteiger partial charge is 0.478 e. The molecule has 2 aromatic rings. The van der Waals surface area contributed by atoms with Gasteiger partial charge in [0.15, 0.2) is 5.69 Å². The van der Waals surface area contributed by atoms with E-state index >= 15 is 0 Å². The van der Waals surface area contributed by atoms with Gasteiger partial charge in [0.25, 0.3) is 11.8 Å². The highest BCUT2D eigenvalue weighted by molar-refractivity contribution is 6.11. The minimum atomic E-state index is -1.26. The number of hydrogen-bond donors (Lipinski definition) is 2. The molecule has 24 heavy (non-hydrogen) atoms. The molecule has 2 aromatic heterocycles. The van der Waals surface area contributed by atoms with Crippen molar-refractivity contribution in [3.63, 3.8) is 0 Å². The Morgan fingerprint density at radius 1 is 1.33 bits per heavy atom. The minimum Gasteiger partial charge on any atom is -0.478 e. The number of hydrogen-bond acceptors (Lipinski definition) is 5. The molecule has 10 nitrogen and oxygen atoms in total. The molecule has 2 N–H and O–H groups in total. The molecular weight excluding hydrogens is 316 g/mol. The Hall–Kier alpha value is -3.17. The Balaban J connectivity index is 2.38. The molecule has 10 heteroatoms. The quantitative estimate of drug-likeness (QED) is 0.810. The zero-order valence-corrected chi connectivity index (χ0v) is 13.8. The maximum Gasteiger partial charge on any atom is 0.339 e. The molecule has 0 aliphatic carbocycles. The Bertz CT molecular complexity index is 804. The van der Waals surface area contributed by atoms with Crippen LogP contribution in [0.15, 0.2) is 12.4 Å². The molecule has 0 unspecified atom stereocenters. The van der Waals surface area contributed by atoms with Crippen molar-refractivity contribution >= 4 is 23.5 Å². The van der Waals surface area contributed by atoms with Gasteiger partial charge in [-0.15, -0.1) is 0 Å². The van der Waals surface area contributed by atoms with Crippen LogP contribution < -0.4 is 5.32 Å². The van der Waals surface area contributed by atoms with Crippen LogP contribution in [0.2, 0.25) is 0 Å². The van der Waals surface area contributed by atoms with Crippen molar-refractivity contribution in [2.75, 3.05) is 19.4 Å². The molecule has 0 aliphatic heterocycles. The number of anilines is 1. The average molecular weight is 334 g/mol. The van der Waals surface area contributed by atoms with Gasteiger partial charge in [-0.1, -0.05) is 0 Å². The summed E-state index contributed by atoms with van der Waals surface area (Å²) in [5.74, 6) is -2.32. The van der Waals surface area contributed by atoms with E-state index in [-0.39, 0.29) is 28.5 Å². The van der Waals surface area contributed by atoms with Crippen LogP contribution in [0.1, 0.15) is 38.3 Å². The molecule has 0 bridgehead atoms. The third-order valence-corrected chi connectivity index (χ3v) is 3.27. The summed E-state index contributed by atoms with van der Waals surface area (Å²) in [6, 6.07) is 0. The minimum absolute atomic E-state index is 0.197. The number of rotatable bonds is 5. The van der Waals surface area contributed by atoms with Crippen molar-refractivity contribution in [1.29, 1.82) is 0 Å². The number of carboxylic acids is 1. The highest BCUT2D eigenvalue weighted by atomic mass is 16.4. The summed E-state index contributed by atoms with van der Waals surface area (Å²) in [7, 11) is 4.68. The van der Waals surface area contributed by atoms with E-state index in [1.54, 1.807) is 14.1 Å². The first kappa shape index (κ1) is 17.2. The first-order valence-corrected chi connectivity index (χ1v) is 7.12. The molecule has 0 fully saturated rings. The van der Waals surface area contributed by atoms with Gasteiger partial charge in [-0.3, -0.25) is 19.0 Å². The van der Waals surface area contributed by atoms with Crippen LogP contribution >= 0.6 is 0 Å². The molecule has 0 aliphatic rings. The third kappa shape index (κ3) is 3.12. The van der Waals surface area contributed by atoms with Gasteiger partial charge in [0, 0.05) is 33.9 Å². The lowest BCUT2D eigenvalue weighted by atomic mass is 10.2. The van der Waals surface area contributed by atoms with Crippen molar-refractivity contribution in [3.8, 4) is 0 Å². The van der Waals surface area contributed by atoms with E-state index in [4.69, 9.17) is 5.11 Å². The Morgan fingerprint density at radius 3 is 2.54 bits per heavy atom. The number of nitrogens with one attached hydrogen (secondary N) is 1. The Labute approximate surface area is 137 Å². The van der Waals surface area contributed by atoms with Gasteiger partial charge in [-0.25, -0.2) is 4.79 Å². The molecule has 0 spiro atoms. The zero-order valence-electron chi connectivity index (χ0n) is 13.8. The highest BCUT2D eigenvalue weighted by Crippen LogP contribution is 2.18. The molecule has 2 heterocycles. The monoisotopic (exact) mass is 334 g/mol. The summed E-state index contributed by atoms with van der Waals surface area (Å²) < 4.78 is 2.69. The summed E-state index contributed by atoms with van der Waals surface area (Å²) in [4.78, 5) is 37.2. The van der Waals surface area contributed by atoms with E-state index in [1.807, 2.05) is 6.92 Å². The van der Waals surface area contributed by atoms with Gasteiger partial charge in [0.1, 0.15) is 11.3 Å². The predicted molar refractivity (Wildman–Crippen MR) is 84.0 cm³/mol. The number of carbonyl (C=O) groups is 3. The molecule has 0 radical (unpaired) electrons. The van der Waals surface area contributed by atoms with Crippen LogP contribution in [-0.4, -0.2) is 61.4 Å². The van der Waals surface area contributed by atoms with Crippen LogP contribution in [-0.2, 0) is 13.6 Å². The summed E-state index contributed by atoms with van der Waals surface area (Å²) in [6.07, 6.45) is 2.58. The standard InChI is InChI=1S/C14H18N6O4/c1-5-20-11(13(22)18(2)3)9(6-15-20)16-12(21)10-8(14(23)24)7-19(4)17-10/h6-7H,5H2,1-4H3,(H,16,21)(H,23,24). The smallest absolute Gasteiger partial charge is 0.339 e. The molecule has 128 valence electrons. The second-order valence-corrected chi connectivity index (χ2v) is 5.25. The number of carboxylic acid groups (broad SMARTS) is 1. The van der Waals surface area contributed by atoms with Crippen LogP contribution in [0.4, 0.5) is 5.69 Å². The average Bonchev–Trinajstić information content (AvgIpc) is 3.09. The topological polar surface area (TPSA) is 122 Å². The van der Waals surface area contributed by atoms with Gasteiger partial charge in [-0.05, 0) is 6.92 Å². The van der Waals surface area contributed by atoms with E-state index in [0.29, 0.717) is 6.54 Å². The van der Waals surface area contributed by atoms with E-state index < -0.39 is 11.9 Å². The Kier molecular flexibility index (Phi) is 4.67. The molecular formula is C14H18N6O4. The van der Waals surface area contributed by atoms with E-state index in [1.165, 1.54) is 33.7 Å². The number of nitrogens with zero attached hydrogens (tertiary/aromatic N) is 5. The third-order valence-electron chi connectivity index (χ3n) is 3.27. The molecule has 0 saturated carbocycles. The van der Waals surface area contributed by atoms with E-state index in [9.17, 15) is 14.4 Å². The van der Waals surface area contributed by atoms with E-state index in [2.05, 4.69) is 15.5 Å². The van der Waals surface area contributed by atoms with Gasteiger partial charge in [0.05, 0.1) is 11.9 Å². The van der Waals surface area contributed by atoms with Crippen molar-refractivity contribution in [1.82, 2.24) is 24.5 Å². The summed E-state index contributed by atoms with van der Waals surface area (Å²) in [5.41, 5.74) is -0.0536. The van der Waals surface area contributed by atoms with Crippen LogP contribution in [0.3, 0.4) is 0 Å². The summed E-state index contributed by atoms with van der Waals surface area (Å²) in [6.45, 7) is 2.25. The first-order valence-electron chi connectivity index (χ1n) is 7.12. The first-order chi connectivity index (χ1) is 11.3. The number of aryl methyl sites for hydroxylation is 2. The molecule has 0 saturated heterocycles. The van der Waals surface area contributed by atoms with Crippen molar-refractivity contribution in [2.24, 2.45) is 7.05 Å². The summed E-state index contributed by atoms with van der Waals surface area (Å²) >= 11 is 0. The molecule has 2 rings (SSSR count). The molecule has 0 atom stereocenters. The van der Waals surface area contributed by atoms with Crippen molar-refractivity contribution < 1.29 is 19.5 Å². The fraction of sp³-hybridized carbons (Fsp3) is 0.357. The second-order valence-electron chi connectivity index (χ2n) is 5.25. The fourth-order valence-electron chi connectivity index (χ4n) is 2.15. The van der Waals surface area contributed by atoms with Crippen LogP contribution in [0.5, 0.6) is 0 Å². The summed E-state index contributed by atoms with van der Waals surface area (Å²) in [5, 5.41) is 19.6. The molecule has 0 aromatic carbocycles. The van der Waals surface area contributed by atoms with Crippen molar-refractivity contribution in [3.05, 3.63) is 29.3 Å². The SMILES string of the molecule is CCn1ncc(NC(=O)c2nn(C)cc2C(=O)O)c1C(=O)N(C)C. The predicted octanol–water partition coefficient (Wildman–Crippen LogP) is 0.289. The highest BCUT2D eigenvalue weighted by Gasteiger charge is 2.25. The number of aromatic carboxylic acids is 1. The lowest BCUT2D eigenvalue weighted by Crippen LogP contribution is -2.27. The van der Waals surface area contributed by atoms with Crippen LogP contribution in [0, 0.1) is 0 Å². The second kappa shape index (κ2) is 6.52. The number of aromatic nitrogens is 4. The van der Waals surface area contributed by atoms with Gasteiger partial charge in [0.2, 0.25) is 0 Å². The Morgan fingerprint density at radius 2 is 2.00 bits per heavy atom. The number of carbonyl (C=O) groups excluding carboxylic acids is 2. The normalized spacial score (nSPS) is 10.5. The molecule has 2 amide bonds. The van der Waals surface area contributed by atoms with E-state index in [0.717, 1.165) is 0 Å². The number of amides is 2. The van der Waals surface area contributed by atoms with Gasteiger partial charge < -0.3 is 15.3 Å². The van der Waals surface area contributed by atoms with Crippen molar-refractivity contribution in [2.45, 2.75) is 13.5 Å². The lowest BCUT2D eigenvalue weighted by molar-refractivity contribution is 0.0692. The lowest BCUT2D eigenvalue weighted by Gasteiger charge is -2.13. The maximum absolute atomic E-state index is 12.4.